The number of alkyl halides is 1. The molecule has 0 saturated heterocycles. The summed E-state index contributed by atoms with van der Waals surface area (Å²) in [4.78, 5) is 2.40. The van der Waals surface area contributed by atoms with E-state index in [1.807, 2.05) is 12.1 Å². The van der Waals surface area contributed by atoms with Crippen LogP contribution in [0.1, 0.15) is 45.6 Å². The van der Waals surface area contributed by atoms with Crippen LogP contribution in [0, 0.1) is 0 Å². The van der Waals surface area contributed by atoms with E-state index in [2.05, 4.69) is 31.7 Å². The molecule has 0 atom stereocenters. The van der Waals surface area contributed by atoms with Crippen LogP contribution in [0.3, 0.4) is 0 Å². The number of hydrogen-bond acceptors (Lipinski definition) is 1. The molecule has 0 bridgehead atoms. The van der Waals surface area contributed by atoms with Crippen molar-refractivity contribution >= 4 is 28.9 Å². The zero-order chi connectivity index (χ0) is 13.5. The molecule has 1 rings (SSSR count). The Morgan fingerprint density at radius 3 is 2.50 bits per heavy atom. The number of unbranched alkanes of at least 4 members (excludes halogenated alkanes) is 2. The molecule has 0 aliphatic rings. The zero-order valence-electron chi connectivity index (χ0n) is 11.5. The maximum atomic E-state index is 6.23. The minimum absolute atomic E-state index is 0.460. The minimum Gasteiger partial charge on any atom is -0.369 e. The Morgan fingerprint density at radius 1 is 1.22 bits per heavy atom. The summed E-state index contributed by atoms with van der Waals surface area (Å²) in [6, 6.07) is 6.49. The van der Waals surface area contributed by atoms with Gasteiger partial charge in [-0.2, -0.15) is 0 Å². The first-order valence-corrected chi connectivity index (χ1v) is 7.63. The summed E-state index contributed by atoms with van der Waals surface area (Å²) < 4.78 is 0. The lowest BCUT2D eigenvalue weighted by Gasteiger charge is -2.31. The smallest absolute Gasteiger partial charge is 0.0509 e. The van der Waals surface area contributed by atoms with Crippen molar-refractivity contribution < 1.29 is 0 Å². The van der Waals surface area contributed by atoms with Crippen molar-refractivity contribution in [3.63, 3.8) is 0 Å². The molecule has 102 valence electrons. The Morgan fingerprint density at radius 2 is 1.94 bits per heavy atom. The van der Waals surface area contributed by atoms with E-state index < -0.39 is 0 Å². The molecule has 0 aliphatic heterocycles. The molecule has 1 aromatic carbocycles. The molecule has 0 radical (unpaired) electrons. The van der Waals surface area contributed by atoms with Crippen LogP contribution in [-0.2, 0) is 5.88 Å². The number of benzene rings is 1. The van der Waals surface area contributed by atoms with Gasteiger partial charge < -0.3 is 4.90 Å². The molecule has 0 amide bonds. The molecule has 1 aromatic rings. The van der Waals surface area contributed by atoms with Gasteiger partial charge in [0.15, 0.2) is 0 Å². The standard InChI is InChI=1S/C15H23Cl2N/c1-4-5-6-10-18(12(2)3)15-9-7-8-14(17)13(15)11-16/h7-9,12H,4-6,10-11H2,1-3H3. The molecule has 0 heterocycles. The molecule has 0 unspecified atom stereocenters. The summed E-state index contributed by atoms with van der Waals surface area (Å²) in [7, 11) is 0. The SMILES string of the molecule is CCCCCN(c1cccc(Cl)c1CCl)C(C)C. The number of anilines is 1. The van der Waals surface area contributed by atoms with Crippen molar-refractivity contribution in [2.24, 2.45) is 0 Å². The average Bonchev–Trinajstić information content (AvgIpc) is 2.34. The summed E-state index contributed by atoms with van der Waals surface area (Å²) in [5, 5.41) is 0.767. The summed E-state index contributed by atoms with van der Waals surface area (Å²) in [6.07, 6.45) is 3.72. The topological polar surface area (TPSA) is 3.24 Å². The highest BCUT2D eigenvalue weighted by Gasteiger charge is 2.15. The van der Waals surface area contributed by atoms with Crippen LogP contribution in [0.25, 0.3) is 0 Å². The third-order valence-electron chi connectivity index (χ3n) is 3.16. The first-order chi connectivity index (χ1) is 8.61. The lowest BCUT2D eigenvalue weighted by atomic mass is 10.1. The Balaban J connectivity index is 2.94. The van der Waals surface area contributed by atoms with Gasteiger partial charge in [0.1, 0.15) is 0 Å². The van der Waals surface area contributed by atoms with Gasteiger partial charge in [0.05, 0.1) is 5.88 Å². The van der Waals surface area contributed by atoms with Crippen LogP contribution in [0.5, 0.6) is 0 Å². The normalized spacial score (nSPS) is 11.0. The Labute approximate surface area is 121 Å². The predicted octanol–water partition coefficient (Wildman–Crippen LogP) is 5.48. The quantitative estimate of drug-likeness (QED) is 0.474. The van der Waals surface area contributed by atoms with Crippen molar-refractivity contribution in [3.05, 3.63) is 28.8 Å². The molecular weight excluding hydrogens is 265 g/mol. The molecule has 18 heavy (non-hydrogen) atoms. The summed E-state index contributed by atoms with van der Waals surface area (Å²) in [5.41, 5.74) is 2.23. The number of nitrogens with zero attached hydrogens (tertiary/aromatic N) is 1. The van der Waals surface area contributed by atoms with E-state index in [9.17, 15) is 0 Å². The van der Waals surface area contributed by atoms with E-state index in [1.54, 1.807) is 0 Å². The third-order valence-corrected chi connectivity index (χ3v) is 3.78. The van der Waals surface area contributed by atoms with Gasteiger partial charge in [-0.25, -0.2) is 0 Å². The molecule has 0 spiro atoms. The van der Waals surface area contributed by atoms with Gasteiger partial charge in [-0.05, 0) is 32.4 Å². The van der Waals surface area contributed by atoms with Gasteiger partial charge in [-0.1, -0.05) is 37.4 Å². The van der Waals surface area contributed by atoms with Crippen molar-refractivity contribution in [1.29, 1.82) is 0 Å². The van der Waals surface area contributed by atoms with Gasteiger partial charge in [0.2, 0.25) is 0 Å². The first kappa shape index (κ1) is 15.7. The predicted molar refractivity (Wildman–Crippen MR) is 83.0 cm³/mol. The number of hydrogen-bond donors (Lipinski definition) is 0. The fourth-order valence-corrected chi connectivity index (χ4v) is 2.72. The van der Waals surface area contributed by atoms with Crippen molar-refractivity contribution in [2.75, 3.05) is 11.4 Å². The largest absolute Gasteiger partial charge is 0.369 e. The van der Waals surface area contributed by atoms with Crippen LogP contribution in [-0.4, -0.2) is 12.6 Å². The van der Waals surface area contributed by atoms with Crippen LogP contribution in [0.15, 0.2) is 18.2 Å². The van der Waals surface area contributed by atoms with Crippen molar-refractivity contribution in [3.8, 4) is 0 Å². The highest BCUT2D eigenvalue weighted by molar-refractivity contribution is 6.32. The first-order valence-electron chi connectivity index (χ1n) is 6.71. The highest BCUT2D eigenvalue weighted by Crippen LogP contribution is 2.30. The van der Waals surface area contributed by atoms with Crippen LogP contribution in [0.4, 0.5) is 5.69 Å². The minimum atomic E-state index is 0.460. The molecule has 0 fully saturated rings. The maximum Gasteiger partial charge on any atom is 0.0509 e. The van der Waals surface area contributed by atoms with Crippen molar-refractivity contribution in [1.82, 2.24) is 0 Å². The Kier molecular flexibility index (Phi) is 6.88. The maximum absolute atomic E-state index is 6.23. The molecule has 0 aromatic heterocycles. The zero-order valence-corrected chi connectivity index (χ0v) is 13.1. The third kappa shape index (κ3) is 4.07. The highest BCUT2D eigenvalue weighted by atomic mass is 35.5. The van der Waals surface area contributed by atoms with E-state index in [1.165, 1.54) is 24.9 Å². The molecule has 3 heteroatoms. The van der Waals surface area contributed by atoms with E-state index in [0.717, 1.165) is 17.1 Å². The fourth-order valence-electron chi connectivity index (χ4n) is 2.14. The summed E-state index contributed by atoms with van der Waals surface area (Å²) >= 11 is 12.3. The van der Waals surface area contributed by atoms with Crippen LogP contribution >= 0.6 is 23.2 Å². The second kappa shape index (κ2) is 7.91. The fraction of sp³-hybridized carbons (Fsp3) is 0.600. The summed E-state index contributed by atoms with van der Waals surface area (Å²) in [6.45, 7) is 7.72. The van der Waals surface area contributed by atoms with Gasteiger partial charge in [-0.15, -0.1) is 11.6 Å². The molecular formula is C15H23Cl2N. The van der Waals surface area contributed by atoms with E-state index in [4.69, 9.17) is 23.2 Å². The summed E-state index contributed by atoms with van der Waals surface area (Å²) in [5.74, 6) is 0.464. The second-order valence-electron chi connectivity index (χ2n) is 4.87. The van der Waals surface area contributed by atoms with Gasteiger partial charge in [-0.3, -0.25) is 0 Å². The monoisotopic (exact) mass is 287 g/mol. The molecule has 1 nitrogen and oxygen atoms in total. The van der Waals surface area contributed by atoms with Crippen LogP contribution < -0.4 is 4.90 Å². The average molecular weight is 288 g/mol. The molecule has 0 saturated carbocycles. The van der Waals surface area contributed by atoms with Crippen LogP contribution in [0.2, 0.25) is 5.02 Å². The van der Waals surface area contributed by atoms with Gasteiger partial charge in [0.25, 0.3) is 0 Å². The molecule has 0 aliphatic carbocycles. The number of rotatable bonds is 7. The van der Waals surface area contributed by atoms with Crippen molar-refractivity contribution in [2.45, 2.75) is 52.0 Å². The second-order valence-corrected chi connectivity index (χ2v) is 5.54. The Bertz CT molecular complexity index is 364. The lowest BCUT2D eigenvalue weighted by Crippen LogP contribution is -2.32. The lowest BCUT2D eigenvalue weighted by molar-refractivity contribution is 0.624. The van der Waals surface area contributed by atoms with Gasteiger partial charge >= 0.3 is 0 Å². The molecule has 0 N–H and O–H groups in total. The Hall–Kier alpha value is -0.400. The van der Waals surface area contributed by atoms with E-state index in [-0.39, 0.29) is 0 Å². The number of halogens is 2. The van der Waals surface area contributed by atoms with E-state index in [0.29, 0.717) is 11.9 Å². The van der Waals surface area contributed by atoms with E-state index >= 15 is 0 Å². The van der Waals surface area contributed by atoms with Gasteiger partial charge in [0, 0.05) is 28.9 Å².